The molecule has 1 rings (SSSR count). The smallest absolute Gasteiger partial charge is 0.308 e. The van der Waals surface area contributed by atoms with Gasteiger partial charge in [-0.2, -0.15) is 0 Å². The van der Waals surface area contributed by atoms with E-state index in [9.17, 15) is 4.79 Å². The number of hydrogen-bond acceptors (Lipinski definition) is 4. The molecule has 0 aliphatic heterocycles. The average molecular weight is 170 g/mol. The second-order valence-corrected chi connectivity index (χ2v) is 2.44. The number of hydrogen-bond donors (Lipinski definition) is 2. The predicted octanol–water partition coefficient (Wildman–Crippen LogP) is -0.123. The van der Waals surface area contributed by atoms with Gasteiger partial charge in [-0.3, -0.25) is 4.79 Å². The summed E-state index contributed by atoms with van der Waals surface area (Å²) in [5.41, 5.74) is 5.25. The molecule has 5 nitrogen and oxygen atoms in total. The normalized spacial score (nSPS) is 12.8. The fraction of sp³-hybridized carbons (Fsp3) is 0.429. The summed E-state index contributed by atoms with van der Waals surface area (Å²) in [6.07, 6.45) is 3.06. The lowest BCUT2D eigenvalue weighted by Crippen LogP contribution is -2.25. The summed E-state index contributed by atoms with van der Waals surface area (Å²) < 4.78 is 4.89. The van der Waals surface area contributed by atoms with Crippen LogP contribution in [0.4, 0.5) is 0 Å². The van der Waals surface area contributed by atoms with Crippen molar-refractivity contribution in [2.24, 2.45) is 11.7 Å². The number of oxazole rings is 1. The van der Waals surface area contributed by atoms with Gasteiger partial charge in [-0.15, -0.1) is 0 Å². The van der Waals surface area contributed by atoms with Crippen molar-refractivity contribution in [1.29, 1.82) is 0 Å². The number of carboxylic acid groups (broad SMARTS) is 1. The Bertz CT molecular complexity index is 245. The van der Waals surface area contributed by atoms with E-state index in [1.165, 1.54) is 12.6 Å². The Morgan fingerprint density at radius 1 is 1.83 bits per heavy atom. The zero-order valence-corrected chi connectivity index (χ0v) is 6.43. The number of aromatic nitrogens is 1. The van der Waals surface area contributed by atoms with E-state index < -0.39 is 11.9 Å². The number of carbonyl (C=O) groups is 1. The van der Waals surface area contributed by atoms with E-state index in [2.05, 4.69) is 4.98 Å². The molecule has 1 heterocycles. The van der Waals surface area contributed by atoms with E-state index in [0.717, 1.165) is 0 Å². The Labute approximate surface area is 69.2 Å². The van der Waals surface area contributed by atoms with Gasteiger partial charge in [0.1, 0.15) is 5.76 Å². The topological polar surface area (TPSA) is 89.4 Å². The molecule has 0 spiro atoms. The minimum Gasteiger partial charge on any atom is -0.481 e. The molecule has 12 heavy (non-hydrogen) atoms. The molecule has 1 aromatic heterocycles. The molecule has 0 saturated heterocycles. The highest BCUT2D eigenvalue weighted by Crippen LogP contribution is 2.06. The third-order valence-corrected chi connectivity index (χ3v) is 1.56. The number of nitrogens with zero attached hydrogens (tertiary/aromatic N) is 1. The van der Waals surface area contributed by atoms with Crippen molar-refractivity contribution in [2.75, 3.05) is 6.54 Å². The Kier molecular flexibility index (Phi) is 2.82. The summed E-state index contributed by atoms with van der Waals surface area (Å²) in [6.45, 7) is 0.107. The standard InChI is InChI=1S/C7H10N2O3/c8-2-5(7(10)11)1-6-3-9-4-12-6/h3-5H,1-2,8H2,(H,10,11). The van der Waals surface area contributed by atoms with E-state index >= 15 is 0 Å². The van der Waals surface area contributed by atoms with Crippen LogP contribution in [-0.4, -0.2) is 22.6 Å². The Balaban J connectivity index is 2.54. The van der Waals surface area contributed by atoms with Gasteiger partial charge < -0.3 is 15.3 Å². The van der Waals surface area contributed by atoms with Crippen LogP contribution < -0.4 is 5.73 Å². The van der Waals surface area contributed by atoms with Crippen molar-refractivity contribution in [3.8, 4) is 0 Å². The lowest BCUT2D eigenvalue weighted by molar-refractivity contribution is -0.141. The highest BCUT2D eigenvalue weighted by Gasteiger charge is 2.17. The molecule has 0 fully saturated rings. The monoisotopic (exact) mass is 170 g/mol. The maximum absolute atomic E-state index is 10.5. The van der Waals surface area contributed by atoms with Gasteiger partial charge in [0.05, 0.1) is 12.1 Å². The van der Waals surface area contributed by atoms with E-state index in [1.54, 1.807) is 0 Å². The minimum atomic E-state index is -0.908. The average Bonchev–Trinajstić information content (AvgIpc) is 2.51. The second-order valence-electron chi connectivity index (χ2n) is 2.44. The van der Waals surface area contributed by atoms with Gasteiger partial charge in [-0.05, 0) is 0 Å². The van der Waals surface area contributed by atoms with E-state index in [4.69, 9.17) is 15.3 Å². The largest absolute Gasteiger partial charge is 0.481 e. The molecule has 66 valence electrons. The number of aliphatic carboxylic acids is 1. The van der Waals surface area contributed by atoms with Crippen LogP contribution in [0.3, 0.4) is 0 Å². The molecule has 0 bridgehead atoms. The third kappa shape index (κ3) is 2.06. The maximum Gasteiger partial charge on any atom is 0.308 e. The Morgan fingerprint density at radius 2 is 2.58 bits per heavy atom. The first kappa shape index (κ1) is 8.73. The van der Waals surface area contributed by atoms with Crippen molar-refractivity contribution in [3.05, 3.63) is 18.4 Å². The van der Waals surface area contributed by atoms with Crippen molar-refractivity contribution >= 4 is 5.97 Å². The molecule has 0 aliphatic carbocycles. The van der Waals surface area contributed by atoms with Crippen molar-refractivity contribution in [1.82, 2.24) is 4.98 Å². The van der Waals surface area contributed by atoms with Crippen LogP contribution in [0.2, 0.25) is 0 Å². The fourth-order valence-electron chi connectivity index (χ4n) is 0.857. The molecule has 1 unspecified atom stereocenters. The molecule has 3 N–H and O–H groups in total. The quantitative estimate of drug-likeness (QED) is 0.657. The number of rotatable bonds is 4. The summed E-state index contributed by atoms with van der Waals surface area (Å²) in [6, 6.07) is 0. The van der Waals surface area contributed by atoms with Crippen molar-refractivity contribution < 1.29 is 14.3 Å². The summed E-state index contributed by atoms with van der Waals surface area (Å²) in [4.78, 5) is 14.2. The SMILES string of the molecule is NCC(Cc1cnco1)C(=O)O. The van der Waals surface area contributed by atoms with Gasteiger partial charge in [-0.1, -0.05) is 0 Å². The van der Waals surface area contributed by atoms with Gasteiger partial charge in [0.15, 0.2) is 6.39 Å². The number of carboxylic acids is 1. The third-order valence-electron chi connectivity index (χ3n) is 1.56. The van der Waals surface area contributed by atoms with Crippen molar-refractivity contribution in [3.63, 3.8) is 0 Å². The van der Waals surface area contributed by atoms with Gasteiger partial charge in [0, 0.05) is 13.0 Å². The molecule has 0 saturated carbocycles. The summed E-state index contributed by atoms with van der Waals surface area (Å²) in [5, 5.41) is 8.63. The first-order valence-electron chi connectivity index (χ1n) is 3.54. The molecular formula is C7H10N2O3. The first-order chi connectivity index (χ1) is 5.74. The van der Waals surface area contributed by atoms with Crippen LogP contribution >= 0.6 is 0 Å². The van der Waals surface area contributed by atoms with Crippen molar-refractivity contribution in [2.45, 2.75) is 6.42 Å². The van der Waals surface area contributed by atoms with Gasteiger partial charge in [0.25, 0.3) is 0 Å². The van der Waals surface area contributed by atoms with Crippen LogP contribution in [0.25, 0.3) is 0 Å². The summed E-state index contributed by atoms with van der Waals surface area (Å²) >= 11 is 0. The van der Waals surface area contributed by atoms with Gasteiger partial charge in [-0.25, -0.2) is 4.98 Å². The Morgan fingerprint density at radius 3 is 3.00 bits per heavy atom. The molecule has 0 aliphatic rings. The van der Waals surface area contributed by atoms with Crippen LogP contribution in [0.1, 0.15) is 5.76 Å². The predicted molar refractivity (Wildman–Crippen MR) is 40.4 cm³/mol. The highest BCUT2D eigenvalue weighted by atomic mass is 16.4. The Hall–Kier alpha value is -1.36. The molecule has 0 amide bonds. The first-order valence-corrected chi connectivity index (χ1v) is 3.54. The molecular weight excluding hydrogens is 160 g/mol. The van der Waals surface area contributed by atoms with Gasteiger partial charge in [0.2, 0.25) is 0 Å². The maximum atomic E-state index is 10.5. The van der Waals surface area contributed by atoms with Crippen LogP contribution in [0.15, 0.2) is 17.0 Å². The molecule has 1 atom stereocenters. The van der Waals surface area contributed by atoms with Crippen LogP contribution in [-0.2, 0) is 11.2 Å². The molecule has 5 heteroatoms. The van der Waals surface area contributed by atoms with E-state index in [1.807, 2.05) is 0 Å². The van der Waals surface area contributed by atoms with Crippen LogP contribution in [0.5, 0.6) is 0 Å². The lowest BCUT2D eigenvalue weighted by Gasteiger charge is -2.05. The van der Waals surface area contributed by atoms with E-state index in [0.29, 0.717) is 12.2 Å². The van der Waals surface area contributed by atoms with Gasteiger partial charge >= 0.3 is 5.97 Å². The zero-order valence-electron chi connectivity index (χ0n) is 6.43. The lowest BCUT2D eigenvalue weighted by atomic mass is 10.1. The van der Waals surface area contributed by atoms with Crippen LogP contribution in [0, 0.1) is 5.92 Å². The minimum absolute atomic E-state index is 0.107. The fourth-order valence-corrected chi connectivity index (χ4v) is 0.857. The number of nitrogens with two attached hydrogens (primary N) is 1. The molecule has 0 aromatic carbocycles. The summed E-state index contributed by atoms with van der Waals surface area (Å²) in [7, 11) is 0. The summed E-state index contributed by atoms with van der Waals surface area (Å²) in [5.74, 6) is -0.945. The zero-order chi connectivity index (χ0) is 8.97. The second kappa shape index (κ2) is 3.87. The molecule has 1 aromatic rings. The molecule has 0 radical (unpaired) electrons. The van der Waals surface area contributed by atoms with E-state index in [-0.39, 0.29) is 6.54 Å². The highest BCUT2D eigenvalue weighted by molar-refractivity contribution is 5.70.